The maximum Gasteiger partial charge on any atom is 0.433 e. The first kappa shape index (κ1) is 18.6. The van der Waals surface area contributed by atoms with E-state index in [9.17, 15) is 18.0 Å². The van der Waals surface area contributed by atoms with E-state index in [1.165, 1.54) is 6.07 Å². The zero-order valence-electron chi connectivity index (χ0n) is 14.1. The molecule has 0 bridgehead atoms. The van der Waals surface area contributed by atoms with Gasteiger partial charge in [-0.2, -0.15) is 18.4 Å². The first-order valence-corrected chi connectivity index (χ1v) is 8.15. The van der Waals surface area contributed by atoms with Gasteiger partial charge < -0.3 is 9.80 Å². The average Bonchev–Trinajstić information content (AvgIpc) is 2.68. The molecule has 2 aromatic heterocycles. The van der Waals surface area contributed by atoms with Crippen molar-refractivity contribution >= 4 is 11.7 Å². The molecule has 0 saturated carbocycles. The van der Waals surface area contributed by atoms with Crippen LogP contribution >= 0.6 is 0 Å². The average molecular weight is 376 g/mol. The Morgan fingerprint density at radius 1 is 1.11 bits per heavy atom. The van der Waals surface area contributed by atoms with Crippen LogP contribution in [0, 0.1) is 11.3 Å². The Morgan fingerprint density at radius 2 is 1.85 bits per heavy atom. The predicted octanol–water partition coefficient (Wildman–Crippen LogP) is 1.65. The van der Waals surface area contributed by atoms with Crippen LogP contribution in [-0.2, 0) is 17.4 Å². The molecule has 0 N–H and O–H groups in total. The third-order valence-electron chi connectivity index (χ3n) is 4.19. The molecule has 1 fully saturated rings. The molecule has 1 aliphatic rings. The van der Waals surface area contributed by atoms with Gasteiger partial charge in [0.2, 0.25) is 5.91 Å². The number of rotatable bonds is 3. The van der Waals surface area contributed by atoms with Crippen LogP contribution in [0.4, 0.5) is 19.0 Å². The number of piperazine rings is 1. The lowest BCUT2D eigenvalue weighted by atomic mass is 10.1. The van der Waals surface area contributed by atoms with E-state index < -0.39 is 11.9 Å². The number of hydrogen-bond acceptors (Lipinski definition) is 6. The first-order chi connectivity index (χ1) is 12.9. The zero-order valence-corrected chi connectivity index (χ0v) is 14.1. The Kier molecular flexibility index (Phi) is 5.21. The SMILES string of the molecule is N#Cc1ccc(N2CCN(C(=O)Cc3ccc(C(F)(F)F)nc3)CC2)nn1. The number of carbonyl (C=O) groups is 1. The molecular weight excluding hydrogens is 361 g/mol. The topological polar surface area (TPSA) is 86.0 Å². The van der Waals surface area contributed by atoms with Gasteiger partial charge in [-0.1, -0.05) is 6.07 Å². The normalized spacial score (nSPS) is 14.7. The van der Waals surface area contributed by atoms with E-state index in [-0.39, 0.29) is 18.0 Å². The molecule has 1 aliphatic heterocycles. The molecule has 0 aliphatic carbocycles. The third-order valence-corrected chi connectivity index (χ3v) is 4.19. The summed E-state index contributed by atoms with van der Waals surface area (Å²) in [5, 5.41) is 16.5. The van der Waals surface area contributed by atoms with Crippen LogP contribution in [0.2, 0.25) is 0 Å². The van der Waals surface area contributed by atoms with Crippen LogP contribution in [0.5, 0.6) is 0 Å². The maximum atomic E-state index is 12.5. The number of aromatic nitrogens is 3. The van der Waals surface area contributed by atoms with Crippen molar-refractivity contribution in [3.05, 3.63) is 47.4 Å². The molecule has 10 heteroatoms. The van der Waals surface area contributed by atoms with E-state index in [4.69, 9.17) is 5.26 Å². The van der Waals surface area contributed by atoms with Crippen LogP contribution < -0.4 is 4.90 Å². The van der Waals surface area contributed by atoms with Crippen molar-refractivity contribution in [1.29, 1.82) is 5.26 Å². The molecule has 7 nitrogen and oxygen atoms in total. The lowest BCUT2D eigenvalue weighted by Gasteiger charge is -2.35. The highest BCUT2D eigenvalue weighted by Crippen LogP contribution is 2.27. The number of nitriles is 1. The molecule has 1 amide bonds. The summed E-state index contributed by atoms with van der Waals surface area (Å²) in [6, 6.07) is 7.34. The van der Waals surface area contributed by atoms with E-state index in [1.54, 1.807) is 17.0 Å². The fourth-order valence-corrected chi connectivity index (χ4v) is 2.72. The molecule has 3 heterocycles. The lowest BCUT2D eigenvalue weighted by Crippen LogP contribution is -2.49. The van der Waals surface area contributed by atoms with Gasteiger partial charge in [0.05, 0.1) is 6.42 Å². The minimum absolute atomic E-state index is 0.00179. The van der Waals surface area contributed by atoms with Gasteiger partial charge in [0.1, 0.15) is 11.8 Å². The van der Waals surface area contributed by atoms with E-state index >= 15 is 0 Å². The highest BCUT2D eigenvalue weighted by atomic mass is 19.4. The summed E-state index contributed by atoms with van der Waals surface area (Å²) >= 11 is 0. The summed E-state index contributed by atoms with van der Waals surface area (Å²) in [4.78, 5) is 19.4. The minimum Gasteiger partial charge on any atom is -0.352 e. The second-order valence-electron chi connectivity index (χ2n) is 5.98. The Hall–Kier alpha value is -3.22. The second-order valence-corrected chi connectivity index (χ2v) is 5.98. The molecule has 0 atom stereocenters. The van der Waals surface area contributed by atoms with Crippen LogP contribution in [-0.4, -0.2) is 52.2 Å². The number of alkyl halides is 3. The summed E-state index contributed by atoms with van der Waals surface area (Å²) in [7, 11) is 0. The van der Waals surface area contributed by atoms with E-state index in [1.807, 2.05) is 11.0 Å². The number of anilines is 1. The lowest BCUT2D eigenvalue weighted by molar-refractivity contribution is -0.141. The number of carbonyl (C=O) groups excluding carboxylic acids is 1. The van der Waals surface area contributed by atoms with Crippen LogP contribution in [0.25, 0.3) is 0 Å². The zero-order chi connectivity index (χ0) is 19.4. The summed E-state index contributed by atoms with van der Waals surface area (Å²) < 4.78 is 37.6. The van der Waals surface area contributed by atoms with Crippen molar-refractivity contribution in [2.75, 3.05) is 31.1 Å². The fourth-order valence-electron chi connectivity index (χ4n) is 2.72. The Morgan fingerprint density at radius 3 is 2.37 bits per heavy atom. The van der Waals surface area contributed by atoms with Crippen molar-refractivity contribution in [3.63, 3.8) is 0 Å². The van der Waals surface area contributed by atoms with Gasteiger partial charge in [0.15, 0.2) is 11.5 Å². The standard InChI is InChI=1S/C17H15F3N6O/c18-17(19,20)14-3-1-12(11-22-14)9-16(27)26-7-5-25(6-8-26)15-4-2-13(10-21)23-24-15/h1-4,11H,5-9H2. The molecule has 3 rings (SSSR count). The highest BCUT2D eigenvalue weighted by molar-refractivity contribution is 5.79. The van der Waals surface area contributed by atoms with Crippen LogP contribution in [0.3, 0.4) is 0 Å². The summed E-state index contributed by atoms with van der Waals surface area (Å²) in [5.74, 6) is 0.468. The van der Waals surface area contributed by atoms with Gasteiger partial charge in [-0.05, 0) is 23.8 Å². The molecule has 27 heavy (non-hydrogen) atoms. The number of amides is 1. The molecule has 1 saturated heterocycles. The number of halogens is 3. The maximum absolute atomic E-state index is 12.5. The summed E-state index contributed by atoms with van der Waals surface area (Å²) in [5.41, 5.74) is -0.304. The van der Waals surface area contributed by atoms with E-state index in [2.05, 4.69) is 15.2 Å². The second kappa shape index (κ2) is 7.57. The van der Waals surface area contributed by atoms with Gasteiger partial charge >= 0.3 is 6.18 Å². The number of hydrogen-bond donors (Lipinski definition) is 0. The van der Waals surface area contributed by atoms with Crippen molar-refractivity contribution in [2.45, 2.75) is 12.6 Å². The van der Waals surface area contributed by atoms with Crippen molar-refractivity contribution in [2.24, 2.45) is 0 Å². The van der Waals surface area contributed by atoms with Crippen molar-refractivity contribution in [1.82, 2.24) is 20.1 Å². The monoisotopic (exact) mass is 376 g/mol. The van der Waals surface area contributed by atoms with Crippen molar-refractivity contribution in [3.8, 4) is 6.07 Å². The minimum atomic E-state index is -4.49. The molecule has 2 aromatic rings. The summed E-state index contributed by atoms with van der Waals surface area (Å²) in [6.45, 7) is 2.04. The third kappa shape index (κ3) is 4.49. The quantitative estimate of drug-likeness (QED) is 0.810. The van der Waals surface area contributed by atoms with Crippen LogP contribution in [0.1, 0.15) is 17.0 Å². The van der Waals surface area contributed by atoms with Gasteiger partial charge in [0, 0.05) is 32.4 Å². The Labute approximate surface area is 153 Å². The van der Waals surface area contributed by atoms with E-state index in [0.29, 0.717) is 37.6 Å². The molecular formula is C17H15F3N6O. The Bertz CT molecular complexity index is 837. The summed E-state index contributed by atoms with van der Waals surface area (Å²) in [6.07, 6.45) is -3.40. The van der Waals surface area contributed by atoms with Gasteiger partial charge in [-0.15, -0.1) is 10.2 Å². The molecule has 140 valence electrons. The number of nitrogens with zero attached hydrogens (tertiary/aromatic N) is 6. The molecule has 0 aromatic carbocycles. The fraction of sp³-hybridized carbons (Fsp3) is 0.353. The smallest absolute Gasteiger partial charge is 0.352 e. The van der Waals surface area contributed by atoms with Crippen LogP contribution in [0.15, 0.2) is 30.5 Å². The highest BCUT2D eigenvalue weighted by Gasteiger charge is 2.32. The predicted molar refractivity (Wildman–Crippen MR) is 88.5 cm³/mol. The van der Waals surface area contributed by atoms with Crippen molar-refractivity contribution < 1.29 is 18.0 Å². The van der Waals surface area contributed by atoms with E-state index in [0.717, 1.165) is 12.3 Å². The molecule has 0 radical (unpaired) electrons. The van der Waals surface area contributed by atoms with Gasteiger partial charge in [-0.25, -0.2) is 0 Å². The molecule has 0 spiro atoms. The van der Waals surface area contributed by atoms with Gasteiger partial charge in [0.25, 0.3) is 0 Å². The number of pyridine rings is 1. The largest absolute Gasteiger partial charge is 0.433 e. The first-order valence-electron chi connectivity index (χ1n) is 8.15. The van der Waals surface area contributed by atoms with Gasteiger partial charge in [-0.3, -0.25) is 9.78 Å². The Balaban J connectivity index is 1.54. The molecule has 0 unspecified atom stereocenters.